The summed E-state index contributed by atoms with van der Waals surface area (Å²) >= 11 is 0. The average molecular weight is 124 g/mol. The Labute approximate surface area is 53.0 Å². The van der Waals surface area contributed by atoms with Crippen LogP contribution in [0.2, 0.25) is 0 Å². The van der Waals surface area contributed by atoms with E-state index in [1.807, 2.05) is 0 Å². The van der Waals surface area contributed by atoms with Crippen molar-refractivity contribution in [2.75, 3.05) is 0 Å². The van der Waals surface area contributed by atoms with Crippen LogP contribution in [0.3, 0.4) is 0 Å². The van der Waals surface area contributed by atoms with Gasteiger partial charge in [0.15, 0.2) is 0 Å². The molecule has 0 N–H and O–H groups in total. The van der Waals surface area contributed by atoms with E-state index in [0.717, 1.165) is 0 Å². The Hall–Kier alpha value is 0.407. The summed E-state index contributed by atoms with van der Waals surface area (Å²) in [6, 6.07) is 0. The van der Waals surface area contributed by atoms with Crippen LogP contribution in [-0.4, -0.2) is 33.0 Å². The summed E-state index contributed by atoms with van der Waals surface area (Å²) in [4.78, 5) is 0. The zero-order chi connectivity index (χ0) is 5.15. The number of alkyl halides is 2. The second-order valence-corrected chi connectivity index (χ2v) is 1.52. The van der Waals surface area contributed by atoms with E-state index < -0.39 is 16.5 Å². The first-order chi connectivity index (χ1) is 2.64. The van der Waals surface area contributed by atoms with Gasteiger partial charge in [-0.3, -0.25) is 0 Å². The molecule has 0 aromatic carbocycles. The van der Waals surface area contributed by atoms with Gasteiger partial charge in [0.05, 0.1) is 0 Å². The molecule has 0 radical (unpaired) electrons. The summed E-state index contributed by atoms with van der Waals surface area (Å²) in [6.45, 7) is 0. The summed E-state index contributed by atoms with van der Waals surface area (Å²) in [7, 11) is -3.49. The normalized spacial score (nSPS) is 9.14. The third kappa shape index (κ3) is 6.41. The predicted octanol–water partition coefficient (Wildman–Crippen LogP) is -0.828. The van der Waals surface area contributed by atoms with E-state index in [0.29, 0.717) is 0 Å². The van der Waals surface area contributed by atoms with E-state index in [1.165, 1.54) is 0 Å². The molecule has 0 aliphatic heterocycles. The number of thiol groups is 1. The fourth-order valence-corrected chi connectivity index (χ4v) is 0. The minimum absolute atomic E-state index is 0. The van der Waals surface area contributed by atoms with E-state index in [9.17, 15) is 8.78 Å². The van der Waals surface area contributed by atoms with Crippen molar-refractivity contribution in [3.8, 4) is 0 Å². The first kappa shape index (κ1) is 10.4. The summed E-state index contributed by atoms with van der Waals surface area (Å²) in [5, 5.41) is 0. The van der Waals surface area contributed by atoms with Crippen LogP contribution in [0, 0.1) is 0 Å². The number of rotatable bonds is 1. The predicted molar refractivity (Wildman–Crippen MR) is 23.5 cm³/mol. The molecule has 0 aromatic rings. The van der Waals surface area contributed by atoms with Crippen molar-refractivity contribution in [1.82, 2.24) is 0 Å². The second-order valence-electron chi connectivity index (χ2n) is 0.563. The van der Waals surface area contributed by atoms with Crippen LogP contribution in [0.1, 0.15) is 0 Å². The van der Waals surface area contributed by atoms with E-state index in [2.05, 4.69) is 0 Å². The Bertz CT molecular complexity index is 91.9. The van der Waals surface area contributed by atoms with Crippen molar-refractivity contribution in [3.63, 3.8) is 0 Å². The van der Waals surface area contributed by atoms with Gasteiger partial charge in [-0.15, -0.1) is 0 Å². The van der Waals surface area contributed by atoms with Gasteiger partial charge < -0.3 is 0 Å². The van der Waals surface area contributed by atoms with Crippen molar-refractivity contribution in [2.24, 2.45) is 0 Å². The molecular formula is CH3F2LiO2S. The molecule has 0 saturated carbocycles. The molecule has 0 fully saturated rings. The molecule has 0 unspecified atom stereocenters. The molecule has 0 heterocycles. The van der Waals surface area contributed by atoms with Gasteiger partial charge in [0, 0.05) is 0 Å². The Morgan fingerprint density at radius 1 is 1.29 bits per heavy atom. The maximum absolute atomic E-state index is 10.6. The molecule has 0 aliphatic carbocycles. The van der Waals surface area contributed by atoms with Crippen molar-refractivity contribution in [2.45, 2.75) is 5.76 Å². The average Bonchev–Trinajstić information content (AvgIpc) is 1.36. The third-order valence-corrected chi connectivity index (χ3v) is 0.478. The molecular weight excluding hydrogens is 121 g/mol. The molecule has 0 aliphatic rings. The summed E-state index contributed by atoms with van der Waals surface area (Å²) in [5.74, 6) is -3.19. The SMILES string of the molecule is O=[SH](=O)C(F)F.[LiH]. The molecule has 0 rings (SSSR count). The molecule has 0 atom stereocenters. The van der Waals surface area contributed by atoms with Gasteiger partial charge in [-0.1, -0.05) is 0 Å². The van der Waals surface area contributed by atoms with Gasteiger partial charge in [0.2, 0.25) is 10.7 Å². The molecule has 0 bridgehead atoms. The summed E-state index contributed by atoms with van der Waals surface area (Å²) in [6.07, 6.45) is 0. The van der Waals surface area contributed by atoms with Gasteiger partial charge >= 0.3 is 24.6 Å². The standard InChI is InChI=1S/CH2F2O2S.Li.H/c2-1(3)6(4)5;;/h1,6H;;. The van der Waals surface area contributed by atoms with Crippen LogP contribution in [-0.2, 0) is 10.7 Å². The van der Waals surface area contributed by atoms with E-state index in [1.54, 1.807) is 0 Å². The van der Waals surface area contributed by atoms with Gasteiger partial charge in [-0.2, -0.15) is 8.78 Å². The molecule has 0 saturated heterocycles. The molecule has 0 amide bonds. The van der Waals surface area contributed by atoms with Crippen LogP contribution >= 0.6 is 0 Å². The zero-order valence-corrected chi connectivity index (χ0v) is 3.49. The molecule has 0 spiro atoms. The van der Waals surface area contributed by atoms with Crippen molar-refractivity contribution in [1.29, 1.82) is 0 Å². The van der Waals surface area contributed by atoms with Crippen molar-refractivity contribution in [3.05, 3.63) is 0 Å². The molecule has 0 aromatic heterocycles. The van der Waals surface area contributed by atoms with Crippen molar-refractivity contribution >= 4 is 29.6 Å². The van der Waals surface area contributed by atoms with Crippen LogP contribution in [0.15, 0.2) is 0 Å². The topological polar surface area (TPSA) is 34.1 Å². The fourth-order valence-electron chi connectivity index (χ4n) is 0. The monoisotopic (exact) mass is 124 g/mol. The second kappa shape index (κ2) is 4.56. The molecule has 6 heteroatoms. The van der Waals surface area contributed by atoms with Crippen LogP contribution in [0.25, 0.3) is 0 Å². The van der Waals surface area contributed by atoms with Gasteiger partial charge in [0.1, 0.15) is 0 Å². The Morgan fingerprint density at radius 2 is 1.43 bits per heavy atom. The Balaban J connectivity index is 0. The number of halogens is 2. The van der Waals surface area contributed by atoms with Crippen molar-refractivity contribution < 1.29 is 17.2 Å². The minimum atomic E-state index is -3.49. The van der Waals surface area contributed by atoms with Crippen LogP contribution in [0.4, 0.5) is 8.78 Å². The first-order valence-electron chi connectivity index (χ1n) is 1.06. The Morgan fingerprint density at radius 3 is 1.43 bits per heavy atom. The molecule has 2 nitrogen and oxygen atoms in total. The van der Waals surface area contributed by atoms with E-state index >= 15 is 0 Å². The van der Waals surface area contributed by atoms with E-state index in [4.69, 9.17) is 8.42 Å². The van der Waals surface area contributed by atoms with Gasteiger partial charge in [-0.05, 0) is 0 Å². The third-order valence-electron chi connectivity index (χ3n) is 0.159. The van der Waals surface area contributed by atoms with Crippen LogP contribution in [0.5, 0.6) is 0 Å². The van der Waals surface area contributed by atoms with Gasteiger partial charge in [0.25, 0.3) is 0 Å². The number of hydrogen-bond donors (Lipinski definition) is 1. The molecule has 7 heavy (non-hydrogen) atoms. The molecule has 40 valence electrons. The van der Waals surface area contributed by atoms with Crippen LogP contribution < -0.4 is 0 Å². The summed E-state index contributed by atoms with van der Waals surface area (Å²) < 4.78 is 39.1. The quantitative estimate of drug-likeness (QED) is 0.365. The zero-order valence-electron chi connectivity index (χ0n) is 2.60. The Kier molecular flexibility index (Phi) is 6.78. The van der Waals surface area contributed by atoms with Gasteiger partial charge in [-0.25, -0.2) is 8.42 Å². The first-order valence-corrected chi connectivity index (χ1v) is 2.31. The maximum atomic E-state index is 10.6. The summed E-state index contributed by atoms with van der Waals surface area (Å²) in [5.41, 5.74) is 0. The van der Waals surface area contributed by atoms with E-state index in [-0.39, 0.29) is 18.9 Å². The fraction of sp³-hybridized carbons (Fsp3) is 1.00. The number of hydrogen-bond acceptors (Lipinski definition) is 2.